The Hall–Kier alpha value is -1.12. The van der Waals surface area contributed by atoms with Crippen molar-refractivity contribution in [3.63, 3.8) is 0 Å². The molecule has 11 heavy (non-hydrogen) atoms. The molecule has 0 amide bonds. The largest absolute Gasteiger partial charge is 0.497 e. The molecule has 0 bridgehead atoms. The van der Waals surface area contributed by atoms with Crippen LogP contribution in [-0.2, 0) is 0 Å². The average molecular weight is 159 g/mol. The monoisotopic (exact) mass is 159 g/mol. The van der Waals surface area contributed by atoms with Crippen LogP contribution in [0.25, 0.3) is 0 Å². The Kier molecular flexibility index (Phi) is 1.99. The second kappa shape index (κ2) is 3.32. The highest BCUT2D eigenvalue weighted by molar-refractivity contribution is 5.27. The molecule has 3 heteroatoms. The molecule has 0 N–H and O–H groups in total. The normalized spacial score (nSPS) is 11.5. The summed E-state index contributed by atoms with van der Waals surface area (Å²) >= 11 is 0. The van der Waals surface area contributed by atoms with Crippen molar-refractivity contribution < 1.29 is 14.9 Å². The molecular weight excluding hydrogens is 150 g/mol. The van der Waals surface area contributed by atoms with Crippen molar-refractivity contribution in [3.05, 3.63) is 29.8 Å². The molecule has 0 unspecified atom stereocenters. The molecule has 60 valence electrons. The van der Waals surface area contributed by atoms with Gasteiger partial charge in [0.25, 0.3) is 6.43 Å². The van der Waals surface area contributed by atoms with Gasteiger partial charge in [0.15, 0.2) is 0 Å². The summed E-state index contributed by atoms with van der Waals surface area (Å²) in [6.07, 6.45) is -2.59. The molecule has 1 nitrogen and oxygen atoms in total. The second-order valence-electron chi connectivity index (χ2n) is 1.98. The number of hydrogen-bond donors (Lipinski definition) is 0. The summed E-state index contributed by atoms with van der Waals surface area (Å²) in [7, 11) is 1.43. The minimum absolute atomic E-state index is 0.190. The van der Waals surface area contributed by atoms with Gasteiger partial charge in [-0.1, -0.05) is 0 Å². The predicted octanol–water partition coefficient (Wildman–Crippen LogP) is 2.63. The van der Waals surface area contributed by atoms with Crippen molar-refractivity contribution in [3.8, 4) is 5.75 Å². The molecule has 0 aliphatic rings. The van der Waals surface area contributed by atoms with Crippen LogP contribution < -0.4 is 4.74 Å². The molecule has 0 atom stereocenters. The van der Waals surface area contributed by atoms with Crippen LogP contribution in [0.15, 0.2) is 24.2 Å². The second-order valence-corrected chi connectivity index (χ2v) is 1.98. The number of rotatable bonds is 2. The summed E-state index contributed by atoms with van der Waals surface area (Å²) in [5.41, 5.74) is -0.268. The quantitative estimate of drug-likeness (QED) is 0.644. The van der Waals surface area contributed by atoms with Gasteiger partial charge in [-0.2, -0.15) is 0 Å². The van der Waals surface area contributed by atoms with Crippen molar-refractivity contribution in [2.45, 2.75) is 6.43 Å². The lowest BCUT2D eigenvalue weighted by atomic mass is 10.2. The molecule has 1 rings (SSSR count). The van der Waals surface area contributed by atoms with Crippen molar-refractivity contribution in [2.24, 2.45) is 0 Å². The van der Waals surface area contributed by atoms with Gasteiger partial charge in [0.2, 0.25) is 0 Å². The first-order valence-electron chi connectivity index (χ1n) is 3.58. The first-order valence-corrected chi connectivity index (χ1v) is 3.08. The van der Waals surface area contributed by atoms with Crippen molar-refractivity contribution in [1.29, 1.82) is 0 Å². The first-order chi connectivity index (χ1) is 5.65. The number of methoxy groups -OCH3 is 1. The summed E-state index contributed by atoms with van der Waals surface area (Å²) in [4.78, 5) is 0. The van der Waals surface area contributed by atoms with Crippen molar-refractivity contribution in [1.82, 2.24) is 0 Å². The standard InChI is InChI=1S/C8H8F2O/c1-11-7-4-2-6(3-5-7)8(9)10/h2-5,8H,1H3/i2D. The number of hydrogen-bond acceptors (Lipinski definition) is 1. The molecule has 0 heterocycles. The zero-order valence-corrected chi connectivity index (χ0v) is 5.97. The number of halogens is 2. The summed E-state index contributed by atoms with van der Waals surface area (Å²) in [5.74, 6) is 0.421. The highest BCUT2D eigenvalue weighted by Gasteiger charge is 2.04. The van der Waals surface area contributed by atoms with E-state index in [4.69, 9.17) is 6.11 Å². The molecule has 1 aromatic rings. The van der Waals surface area contributed by atoms with E-state index >= 15 is 0 Å². The van der Waals surface area contributed by atoms with Gasteiger partial charge in [-0.15, -0.1) is 0 Å². The van der Waals surface area contributed by atoms with Crippen LogP contribution >= 0.6 is 0 Å². The molecule has 0 fully saturated rings. The van der Waals surface area contributed by atoms with Crippen LogP contribution in [0.5, 0.6) is 5.75 Å². The van der Waals surface area contributed by atoms with E-state index in [0.717, 1.165) is 0 Å². The van der Waals surface area contributed by atoms with Crippen LogP contribution in [0.3, 0.4) is 0 Å². The van der Waals surface area contributed by atoms with Crippen LogP contribution in [0.4, 0.5) is 8.78 Å². The minimum atomic E-state index is -2.59. The average Bonchev–Trinajstić information content (AvgIpc) is 2.03. The first kappa shape index (κ1) is 6.58. The van der Waals surface area contributed by atoms with E-state index in [0.29, 0.717) is 5.75 Å². The van der Waals surface area contributed by atoms with Gasteiger partial charge in [0.05, 0.1) is 8.48 Å². The zero-order valence-electron chi connectivity index (χ0n) is 6.97. The molecule has 0 radical (unpaired) electrons. The molecule has 0 spiro atoms. The van der Waals surface area contributed by atoms with Crippen LogP contribution in [0, 0.1) is 0 Å². The van der Waals surface area contributed by atoms with Gasteiger partial charge in [-0.05, 0) is 24.2 Å². The van der Waals surface area contributed by atoms with Crippen molar-refractivity contribution in [2.75, 3.05) is 7.11 Å². The molecule has 0 aliphatic heterocycles. The summed E-state index contributed by atoms with van der Waals surface area (Å²) < 4.78 is 36.2. The summed E-state index contributed by atoms with van der Waals surface area (Å²) in [6, 6.07) is 3.69. The highest BCUT2D eigenvalue weighted by atomic mass is 19.3. The SMILES string of the molecule is [2H]c1cc(OC)ccc1C(F)F. The van der Waals surface area contributed by atoms with E-state index in [-0.39, 0.29) is 11.6 Å². The van der Waals surface area contributed by atoms with Gasteiger partial charge in [0, 0.05) is 5.56 Å². The third-order valence-corrected chi connectivity index (χ3v) is 1.28. The van der Waals surface area contributed by atoms with E-state index < -0.39 is 6.43 Å². The number of benzene rings is 1. The van der Waals surface area contributed by atoms with Gasteiger partial charge in [-0.3, -0.25) is 0 Å². The number of ether oxygens (including phenoxy) is 1. The Morgan fingerprint density at radius 1 is 1.45 bits per heavy atom. The molecule has 0 saturated heterocycles. The third-order valence-electron chi connectivity index (χ3n) is 1.28. The Balaban J connectivity index is 3.03. The lowest BCUT2D eigenvalue weighted by Crippen LogP contribution is -1.85. The Bertz CT molecular complexity index is 276. The van der Waals surface area contributed by atoms with E-state index in [1.54, 1.807) is 0 Å². The van der Waals surface area contributed by atoms with E-state index in [1.807, 2.05) is 0 Å². The lowest BCUT2D eigenvalue weighted by Gasteiger charge is -2.00. The van der Waals surface area contributed by atoms with Gasteiger partial charge >= 0.3 is 0 Å². The fourth-order valence-electron chi connectivity index (χ4n) is 0.685. The Morgan fingerprint density at radius 3 is 2.64 bits per heavy atom. The highest BCUT2D eigenvalue weighted by Crippen LogP contribution is 2.20. The maximum Gasteiger partial charge on any atom is 0.263 e. The van der Waals surface area contributed by atoms with Crippen LogP contribution in [0.2, 0.25) is 0 Å². The molecular formula is C8H8F2O. The topological polar surface area (TPSA) is 9.23 Å². The lowest BCUT2D eigenvalue weighted by molar-refractivity contribution is 0.151. The van der Waals surface area contributed by atoms with E-state index in [2.05, 4.69) is 0 Å². The zero-order chi connectivity index (χ0) is 9.14. The minimum Gasteiger partial charge on any atom is -0.497 e. The molecule has 1 aromatic carbocycles. The fraction of sp³-hybridized carbons (Fsp3) is 0.250. The fourth-order valence-corrected chi connectivity index (χ4v) is 0.685. The number of alkyl halides is 2. The van der Waals surface area contributed by atoms with E-state index in [9.17, 15) is 8.78 Å². The molecule has 0 saturated carbocycles. The van der Waals surface area contributed by atoms with Gasteiger partial charge < -0.3 is 4.74 Å². The smallest absolute Gasteiger partial charge is 0.263 e. The van der Waals surface area contributed by atoms with Crippen LogP contribution in [-0.4, -0.2) is 7.11 Å². The van der Waals surface area contributed by atoms with Gasteiger partial charge in [-0.25, -0.2) is 8.78 Å². The third kappa shape index (κ3) is 1.90. The maximum absolute atomic E-state index is 12.1. The van der Waals surface area contributed by atoms with Crippen molar-refractivity contribution >= 4 is 0 Å². The summed E-state index contributed by atoms with van der Waals surface area (Å²) in [6.45, 7) is 0. The predicted molar refractivity (Wildman–Crippen MR) is 38.0 cm³/mol. The van der Waals surface area contributed by atoms with E-state index in [1.165, 1.54) is 25.3 Å². The maximum atomic E-state index is 12.1. The molecule has 0 aromatic heterocycles. The Morgan fingerprint density at radius 2 is 2.18 bits per heavy atom. The Labute approximate surface area is 65.0 Å². The molecule has 0 aliphatic carbocycles. The summed E-state index contributed by atoms with van der Waals surface area (Å²) in [5, 5.41) is 0. The van der Waals surface area contributed by atoms with Crippen LogP contribution in [0.1, 0.15) is 13.4 Å². The van der Waals surface area contributed by atoms with Gasteiger partial charge in [0.1, 0.15) is 5.75 Å².